The zero-order chi connectivity index (χ0) is 21.0. The second-order valence-electron chi connectivity index (χ2n) is 6.52. The fourth-order valence-electron chi connectivity index (χ4n) is 3.01. The Morgan fingerprint density at radius 1 is 1.31 bits per heavy atom. The van der Waals surface area contributed by atoms with Gasteiger partial charge in [0.2, 0.25) is 0 Å². The second kappa shape index (κ2) is 8.64. The van der Waals surface area contributed by atoms with Crippen LogP contribution in [0.15, 0.2) is 30.5 Å². The minimum atomic E-state index is -4.82. The van der Waals surface area contributed by atoms with Crippen molar-refractivity contribution in [2.75, 3.05) is 26.4 Å². The molecule has 1 N–H and O–H groups in total. The molecule has 1 aliphatic rings. The van der Waals surface area contributed by atoms with Gasteiger partial charge in [0.1, 0.15) is 5.56 Å². The average Bonchev–Trinajstić information content (AvgIpc) is 3.36. The lowest BCUT2D eigenvalue weighted by molar-refractivity contribution is -0.143. The summed E-state index contributed by atoms with van der Waals surface area (Å²) in [7, 11) is 0. The van der Waals surface area contributed by atoms with E-state index in [1.165, 1.54) is 31.2 Å². The quantitative estimate of drug-likeness (QED) is 0.740. The van der Waals surface area contributed by atoms with Crippen molar-refractivity contribution in [2.24, 2.45) is 5.92 Å². The number of hydrogen-bond donors (Lipinski definition) is 1. The SMILES string of the molecule is CCOC(=O)c1cnn(-c2ccc(C(=O)NC[C@H]3CCOC3)cc2)c1C(F)(F)F. The lowest BCUT2D eigenvalue weighted by atomic mass is 10.1. The highest BCUT2D eigenvalue weighted by atomic mass is 19.4. The van der Waals surface area contributed by atoms with E-state index in [1.54, 1.807) is 0 Å². The molecule has 156 valence electrons. The maximum atomic E-state index is 13.5. The molecule has 0 bridgehead atoms. The van der Waals surface area contributed by atoms with Crippen LogP contribution in [0.1, 0.15) is 39.8 Å². The summed E-state index contributed by atoms with van der Waals surface area (Å²) in [6.45, 7) is 3.19. The highest BCUT2D eigenvalue weighted by molar-refractivity contribution is 5.94. The summed E-state index contributed by atoms with van der Waals surface area (Å²) in [5, 5.41) is 6.49. The second-order valence-corrected chi connectivity index (χ2v) is 6.52. The maximum Gasteiger partial charge on any atom is 0.434 e. The minimum Gasteiger partial charge on any atom is -0.462 e. The molecule has 1 saturated heterocycles. The van der Waals surface area contributed by atoms with E-state index in [9.17, 15) is 22.8 Å². The molecule has 1 aliphatic heterocycles. The van der Waals surface area contributed by atoms with Gasteiger partial charge in [0.15, 0.2) is 5.69 Å². The van der Waals surface area contributed by atoms with Gasteiger partial charge >= 0.3 is 12.1 Å². The molecule has 2 aromatic rings. The Kier molecular flexibility index (Phi) is 6.21. The van der Waals surface area contributed by atoms with Crippen LogP contribution in [0.5, 0.6) is 0 Å². The molecular formula is C19H20F3N3O4. The van der Waals surface area contributed by atoms with Gasteiger partial charge in [-0.25, -0.2) is 9.48 Å². The van der Waals surface area contributed by atoms with Crippen LogP contribution >= 0.6 is 0 Å². The highest BCUT2D eigenvalue weighted by Crippen LogP contribution is 2.34. The van der Waals surface area contributed by atoms with Crippen LogP contribution in [-0.2, 0) is 15.7 Å². The molecule has 0 aliphatic carbocycles. The van der Waals surface area contributed by atoms with Crippen molar-refractivity contribution in [1.82, 2.24) is 15.1 Å². The van der Waals surface area contributed by atoms with Crippen LogP contribution in [0, 0.1) is 5.92 Å². The van der Waals surface area contributed by atoms with E-state index in [0.29, 0.717) is 30.0 Å². The van der Waals surface area contributed by atoms with Crippen molar-refractivity contribution in [3.8, 4) is 5.69 Å². The van der Waals surface area contributed by atoms with Crippen molar-refractivity contribution >= 4 is 11.9 Å². The summed E-state index contributed by atoms with van der Waals surface area (Å²) in [6, 6.07) is 5.49. The van der Waals surface area contributed by atoms with Gasteiger partial charge in [-0.1, -0.05) is 0 Å². The van der Waals surface area contributed by atoms with Gasteiger partial charge in [-0.3, -0.25) is 4.79 Å². The van der Waals surface area contributed by atoms with Gasteiger partial charge in [-0.15, -0.1) is 0 Å². The Morgan fingerprint density at radius 3 is 2.62 bits per heavy atom. The number of carbonyl (C=O) groups excluding carboxylic acids is 2. The van der Waals surface area contributed by atoms with Gasteiger partial charge in [0, 0.05) is 24.6 Å². The number of hydrogen-bond acceptors (Lipinski definition) is 5. The Balaban J connectivity index is 1.80. The van der Waals surface area contributed by atoms with Crippen LogP contribution in [0.25, 0.3) is 5.69 Å². The van der Waals surface area contributed by atoms with E-state index >= 15 is 0 Å². The van der Waals surface area contributed by atoms with Gasteiger partial charge in [0.05, 0.1) is 25.1 Å². The normalized spacial score (nSPS) is 16.6. The first-order valence-corrected chi connectivity index (χ1v) is 9.10. The molecule has 0 unspecified atom stereocenters. The Bertz CT molecular complexity index is 872. The van der Waals surface area contributed by atoms with E-state index in [1.807, 2.05) is 0 Å². The number of halogens is 3. The summed E-state index contributed by atoms with van der Waals surface area (Å²) in [5.74, 6) is -1.16. The third kappa shape index (κ3) is 4.76. The van der Waals surface area contributed by atoms with Crippen LogP contribution in [-0.4, -0.2) is 48.0 Å². The molecule has 7 nitrogen and oxygen atoms in total. The number of nitrogens with one attached hydrogen (secondary N) is 1. The monoisotopic (exact) mass is 411 g/mol. The number of benzene rings is 1. The summed E-state index contributed by atoms with van der Waals surface area (Å²) in [5.41, 5.74) is -1.53. The molecular weight excluding hydrogens is 391 g/mol. The standard InChI is InChI=1S/C19H20F3N3O4/c1-2-29-18(27)15-10-24-25(16(15)19(20,21)22)14-5-3-13(4-6-14)17(26)23-9-12-7-8-28-11-12/h3-6,10,12H,2,7-9,11H2,1H3,(H,23,26)/t12-/m1/s1. The number of esters is 1. The molecule has 3 rings (SSSR count). The summed E-state index contributed by atoms with van der Waals surface area (Å²) < 4.78 is 51.2. The smallest absolute Gasteiger partial charge is 0.434 e. The van der Waals surface area contributed by atoms with Crippen molar-refractivity contribution in [3.63, 3.8) is 0 Å². The van der Waals surface area contributed by atoms with Crippen LogP contribution in [0.2, 0.25) is 0 Å². The molecule has 0 spiro atoms. The molecule has 1 aromatic carbocycles. The molecule has 1 fully saturated rings. The third-order valence-electron chi connectivity index (χ3n) is 4.48. The number of carbonyl (C=O) groups is 2. The Labute approximate surface area is 164 Å². The topological polar surface area (TPSA) is 82.5 Å². The maximum absolute atomic E-state index is 13.5. The van der Waals surface area contributed by atoms with Crippen LogP contribution < -0.4 is 5.32 Å². The number of nitrogens with zero attached hydrogens (tertiary/aromatic N) is 2. The largest absolute Gasteiger partial charge is 0.462 e. The van der Waals surface area contributed by atoms with E-state index in [-0.39, 0.29) is 24.1 Å². The number of aromatic nitrogens is 2. The first-order valence-electron chi connectivity index (χ1n) is 9.10. The van der Waals surface area contributed by atoms with Crippen molar-refractivity contribution in [3.05, 3.63) is 47.3 Å². The van der Waals surface area contributed by atoms with Crippen molar-refractivity contribution in [1.29, 1.82) is 0 Å². The molecule has 0 saturated carbocycles. The van der Waals surface area contributed by atoms with E-state index < -0.39 is 23.4 Å². The average molecular weight is 411 g/mol. The molecule has 0 radical (unpaired) electrons. The number of amides is 1. The van der Waals surface area contributed by atoms with E-state index in [0.717, 1.165) is 12.6 Å². The fourth-order valence-corrected chi connectivity index (χ4v) is 3.01. The molecule has 10 heteroatoms. The first-order chi connectivity index (χ1) is 13.8. The van der Waals surface area contributed by atoms with Crippen LogP contribution in [0.3, 0.4) is 0 Å². The van der Waals surface area contributed by atoms with E-state index in [2.05, 4.69) is 15.2 Å². The highest BCUT2D eigenvalue weighted by Gasteiger charge is 2.41. The number of alkyl halides is 3. The minimum absolute atomic E-state index is 0.0574. The predicted octanol–water partition coefficient (Wildman–Crippen LogP) is 2.83. The summed E-state index contributed by atoms with van der Waals surface area (Å²) >= 11 is 0. The zero-order valence-electron chi connectivity index (χ0n) is 15.7. The van der Waals surface area contributed by atoms with Gasteiger partial charge in [0.25, 0.3) is 5.91 Å². The van der Waals surface area contributed by atoms with Crippen molar-refractivity contribution in [2.45, 2.75) is 19.5 Å². The summed E-state index contributed by atoms with van der Waals surface area (Å²) in [6.07, 6.45) is -3.12. The number of rotatable bonds is 6. The van der Waals surface area contributed by atoms with Crippen molar-refractivity contribution < 1.29 is 32.2 Å². The molecule has 1 amide bonds. The first kappa shape index (κ1) is 20.8. The summed E-state index contributed by atoms with van der Waals surface area (Å²) in [4.78, 5) is 24.1. The predicted molar refractivity (Wildman–Crippen MR) is 95.8 cm³/mol. The Morgan fingerprint density at radius 2 is 2.03 bits per heavy atom. The third-order valence-corrected chi connectivity index (χ3v) is 4.48. The zero-order valence-corrected chi connectivity index (χ0v) is 15.7. The molecule has 2 heterocycles. The fraction of sp³-hybridized carbons (Fsp3) is 0.421. The van der Waals surface area contributed by atoms with Gasteiger partial charge in [-0.2, -0.15) is 18.3 Å². The number of ether oxygens (including phenoxy) is 2. The lowest BCUT2D eigenvalue weighted by Crippen LogP contribution is -2.29. The van der Waals surface area contributed by atoms with E-state index in [4.69, 9.17) is 4.74 Å². The molecule has 29 heavy (non-hydrogen) atoms. The Hall–Kier alpha value is -2.88. The molecule has 1 atom stereocenters. The van der Waals surface area contributed by atoms with Gasteiger partial charge < -0.3 is 14.8 Å². The molecule has 1 aromatic heterocycles. The van der Waals surface area contributed by atoms with Crippen LogP contribution in [0.4, 0.5) is 13.2 Å². The lowest BCUT2D eigenvalue weighted by Gasteiger charge is -2.13. The van der Waals surface area contributed by atoms with Gasteiger partial charge in [-0.05, 0) is 37.6 Å².